The third-order valence-electron chi connectivity index (χ3n) is 12.1. The van der Waals surface area contributed by atoms with Crippen LogP contribution in [0.2, 0.25) is 0 Å². The fourth-order valence-corrected chi connectivity index (χ4v) is 9.85. The fraction of sp³-hybridized carbons (Fsp3) is 0.457. The molecule has 0 unspecified atom stereocenters. The van der Waals surface area contributed by atoms with Crippen molar-refractivity contribution in [2.75, 3.05) is 45.6 Å². The van der Waals surface area contributed by atoms with Crippen molar-refractivity contribution in [3.63, 3.8) is 0 Å². The topological polar surface area (TPSA) is 150 Å². The Morgan fingerprint density at radius 2 is 1.67 bits per heavy atom. The van der Waals surface area contributed by atoms with Gasteiger partial charge >= 0.3 is 0 Å². The van der Waals surface area contributed by atoms with E-state index in [-0.39, 0.29) is 36.6 Å². The number of alkyl halides is 1. The number of halogens is 1. The number of amides is 4. The summed E-state index contributed by atoms with van der Waals surface area (Å²) >= 11 is 3.10. The number of thioether (sulfide) groups is 1. The lowest BCUT2D eigenvalue weighted by atomic mass is 10.00. The number of nitrogens with zero attached hydrogens (tertiary/aromatic N) is 4. The summed E-state index contributed by atoms with van der Waals surface area (Å²) in [6, 6.07) is 19.4. The molecular formula is C46H56FN7O5S2. The van der Waals surface area contributed by atoms with Crippen LogP contribution in [-0.4, -0.2) is 106 Å². The molecule has 2 saturated heterocycles. The first-order chi connectivity index (χ1) is 29.2. The number of anilines is 1. The highest BCUT2D eigenvalue weighted by Crippen LogP contribution is 2.41. The maximum Gasteiger partial charge on any atom is 0.258 e. The van der Waals surface area contributed by atoms with Crippen molar-refractivity contribution in [3.05, 3.63) is 100 Å². The monoisotopic (exact) mass is 869 g/mol. The zero-order chi connectivity index (χ0) is 43.5. The SMILES string of the molecule is COc1cc(C(=O)N2CCN(Cc3ccc(CSC(C)(C)[C@H](NC(=O)C4(F)CC4)C(=O)N4CCC[C@H]4C(=O)N[C@@H](C)c4ccc(-c5scnc5C)cc4)cc3)CC2)ccc1N. The Kier molecular flexibility index (Phi) is 13.4. The highest BCUT2D eigenvalue weighted by atomic mass is 32.2. The molecule has 1 aliphatic carbocycles. The molecule has 4 amide bonds. The zero-order valence-electron chi connectivity index (χ0n) is 35.5. The zero-order valence-corrected chi connectivity index (χ0v) is 37.2. The minimum atomic E-state index is -1.96. The van der Waals surface area contributed by atoms with E-state index in [1.807, 2.05) is 62.4 Å². The summed E-state index contributed by atoms with van der Waals surface area (Å²) < 4.78 is 19.5. The second-order valence-electron chi connectivity index (χ2n) is 16.9. The molecule has 15 heteroatoms. The van der Waals surface area contributed by atoms with Crippen LogP contribution in [0.4, 0.5) is 10.1 Å². The molecule has 0 radical (unpaired) electrons. The first kappa shape index (κ1) is 44.1. The number of nitrogens with two attached hydrogens (primary N) is 1. The largest absolute Gasteiger partial charge is 0.495 e. The molecule has 4 N–H and O–H groups in total. The Hall–Kier alpha value is -4.99. The summed E-state index contributed by atoms with van der Waals surface area (Å²) in [5, 5.41) is 5.91. The third kappa shape index (κ3) is 10.2. The number of likely N-dealkylation sites (tertiary alicyclic amines) is 1. The first-order valence-corrected chi connectivity index (χ1v) is 22.8. The number of carbonyl (C=O) groups excluding carboxylic acids is 4. The van der Waals surface area contributed by atoms with Gasteiger partial charge in [0.25, 0.3) is 11.8 Å². The van der Waals surface area contributed by atoms with Crippen LogP contribution in [0.5, 0.6) is 5.75 Å². The molecule has 324 valence electrons. The molecule has 0 bridgehead atoms. The number of rotatable bonds is 15. The molecule has 0 spiro atoms. The summed E-state index contributed by atoms with van der Waals surface area (Å²) in [6.07, 6.45) is 1.39. The van der Waals surface area contributed by atoms with Crippen molar-refractivity contribution in [2.24, 2.45) is 0 Å². The van der Waals surface area contributed by atoms with Gasteiger partial charge in [-0.15, -0.1) is 23.1 Å². The van der Waals surface area contributed by atoms with Crippen molar-refractivity contribution in [2.45, 2.75) is 94.2 Å². The molecule has 4 aromatic rings. The van der Waals surface area contributed by atoms with E-state index in [9.17, 15) is 19.2 Å². The second-order valence-corrected chi connectivity index (χ2v) is 19.4. The molecule has 3 aliphatic rings. The predicted molar refractivity (Wildman–Crippen MR) is 239 cm³/mol. The van der Waals surface area contributed by atoms with Gasteiger partial charge in [-0.25, -0.2) is 9.37 Å². The number of carbonyl (C=O) groups is 4. The highest BCUT2D eigenvalue weighted by Gasteiger charge is 2.53. The van der Waals surface area contributed by atoms with E-state index < -0.39 is 28.4 Å². The fourth-order valence-electron chi connectivity index (χ4n) is 7.98. The molecule has 1 saturated carbocycles. The summed E-state index contributed by atoms with van der Waals surface area (Å²) in [7, 11) is 1.53. The van der Waals surface area contributed by atoms with Crippen molar-refractivity contribution >= 4 is 52.4 Å². The highest BCUT2D eigenvalue weighted by molar-refractivity contribution is 7.99. The summed E-state index contributed by atoms with van der Waals surface area (Å²) in [4.78, 5) is 65.8. The number of aromatic nitrogens is 1. The number of hydrogen-bond donors (Lipinski definition) is 3. The van der Waals surface area contributed by atoms with E-state index in [4.69, 9.17) is 10.5 Å². The lowest BCUT2D eigenvalue weighted by molar-refractivity contribution is -0.143. The average Bonchev–Trinajstić information content (AvgIpc) is 3.59. The Labute approximate surface area is 365 Å². The molecule has 1 aromatic heterocycles. The van der Waals surface area contributed by atoms with Crippen LogP contribution in [0.15, 0.2) is 72.2 Å². The number of aryl methyl sites for hydroxylation is 1. The minimum absolute atomic E-state index is 0.0421. The van der Waals surface area contributed by atoms with E-state index in [1.165, 1.54) is 18.9 Å². The number of thiazole rings is 1. The number of methoxy groups -OCH3 is 1. The van der Waals surface area contributed by atoms with Gasteiger partial charge in [0.1, 0.15) is 17.8 Å². The van der Waals surface area contributed by atoms with Crippen molar-refractivity contribution < 1.29 is 28.3 Å². The van der Waals surface area contributed by atoms with Crippen LogP contribution in [0.3, 0.4) is 0 Å². The quantitative estimate of drug-likeness (QED) is 0.113. The van der Waals surface area contributed by atoms with E-state index in [1.54, 1.807) is 34.4 Å². The number of nitrogens with one attached hydrogen (secondary N) is 2. The molecule has 7 rings (SSSR count). The van der Waals surface area contributed by atoms with Gasteiger partial charge in [0, 0.05) is 55.3 Å². The van der Waals surface area contributed by atoms with Crippen molar-refractivity contribution in [1.82, 2.24) is 30.3 Å². The Morgan fingerprint density at radius 1 is 0.984 bits per heavy atom. The van der Waals surface area contributed by atoms with Gasteiger partial charge in [-0.05, 0) is 93.8 Å². The lowest BCUT2D eigenvalue weighted by Crippen LogP contribution is -2.61. The third-order valence-corrected chi connectivity index (χ3v) is 14.5. The summed E-state index contributed by atoms with van der Waals surface area (Å²) in [6.45, 7) is 11.5. The molecule has 3 atom stereocenters. The maximum absolute atomic E-state index is 15.1. The molecule has 3 fully saturated rings. The van der Waals surface area contributed by atoms with E-state index >= 15 is 4.39 Å². The number of hydrogen-bond acceptors (Lipinski definition) is 10. The standard InChI is InChI=1S/C46H56FN7O5S2/c1-29(33-12-14-34(15-13-33)39-30(2)49-28-60-39)50-41(55)37-7-6-20-54(37)43(57)40(51-44(58)46(47)18-19-46)45(3,4)61-27-32-10-8-31(9-11-32)26-52-21-23-53(24-22-52)42(56)35-16-17-36(48)38(25-35)59-5/h8-17,25,28-29,37,40H,6-7,18-24,26-27,48H2,1-5H3,(H,50,55)(H,51,58)/t29-,37-,40+/m0/s1. The second kappa shape index (κ2) is 18.5. The number of nitrogen functional groups attached to an aromatic ring is 1. The van der Waals surface area contributed by atoms with Crippen LogP contribution in [-0.2, 0) is 26.7 Å². The Morgan fingerprint density at radius 3 is 2.31 bits per heavy atom. The lowest BCUT2D eigenvalue weighted by Gasteiger charge is -2.37. The molecule has 61 heavy (non-hydrogen) atoms. The predicted octanol–water partition coefficient (Wildman–Crippen LogP) is 6.53. The number of piperazine rings is 1. The van der Waals surface area contributed by atoms with Crippen LogP contribution >= 0.6 is 23.1 Å². The number of ether oxygens (including phenoxy) is 1. The molecule has 12 nitrogen and oxygen atoms in total. The summed E-state index contributed by atoms with van der Waals surface area (Å²) in [5.74, 6) is -0.412. The average molecular weight is 870 g/mol. The van der Waals surface area contributed by atoms with Gasteiger partial charge in [-0.2, -0.15) is 0 Å². The van der Waals surface area contributed by atoms with Gasteiger partial charge in [0.2, 0.25) is 11.8 Å². The van der Waals surface area contributed by atoms with Crippen LogP contribution in [0, 0.1) is 6.92 Å². The van der Waals surface area contributed by atoms with Gasteiger partial charge < -0.3 is 30.9 Å². The van der Waals surface area contributed by atoms with Gasteiger partial charge in [0.15, 0.2) is 5.67 Å². The molecule has 2 aliphatic heterocycles. The van der Waals surface area contributed by atoms with E-state index in [2.05, 4.69) is 44.8 Å². The molecule has 3 aromatic carbocycles. The van der Waals surface area contributed by atoms with Gasteiger partial charge in [-0.3, -0.25) is 24.1 Å². The van der Waals surface area contributed by atoms with E-state index in [0.29, 0.717) is 55.2 Å². The van der Waals surface area contributed by atoms with Crippen LogP contribution < -0.4 is 21.1 Å². The summed E-state index contributed by atoms with van der Waals surface area (Å²) in [5.41, 5.74) is 12.0. The first-order valence-electron chi connectivity index (χ1n) is 20.9. The molecular weight excluding hydrogens is 814 g/mol. The Bertz CT molecular complexity index is 2220. The Balaban J connectivity index is 0.947. The van der Waals surface area contributed by atoms with Crippen molar-refractivity contribution in [3.8, 4) is 16.2 Å². The smallest absolute Gasteiger partial charge is 0.258 e. The minimum Gasteiger partial charge on any atom is -0.495 e. The van der Waals surface area contributed by atoms with Gasteiger partial charge in [-0.1, -0.05) is 48.5 Å². The molecule has 3 heterocycles. The van der Waals surface area contributed by atoms with Crippen LogP contribution in [0.1, 0.15) is 85.2 Å². The van der Waals surface area contributed by atoms with Crippen LogP contribution in [0.25, 0.3) is 10.4 Å². The van der Waals surface area contributed by atoms with E-state index in [0.717, 1.165) is 52.5 Å². The van der Waals surface area contributed by atoms with Gasteiger partial charge in [0.05, 0.1) is 34.9 Å². The normalized spacial score (nSPS) is 18.6. The number of benzene rings is 3. The van der Waals surface area contributed by atoms with Crippen molar-refractivity contribution in [1.29, 1.82) is 0 Å². The maximum atomic E-state index is 15.1.